The molecule has 0 aliphatic carbocycles. The van der Waals surface area contributed by atoms with Crippen LogP contribution in [0.1, 0.15) is 18.5 Å². The van der Waals surface area contributed by atoms with Gasteiger partial charge in [0, 0.05) is 31.7 Å². The molecule has 0 atom stereocenters. The number of ether oxygens (including phenoxy) is 1. The highest BCUT2D eigenvalue weighted by Gasteiger charge is 2.34. The predicted octanol–water partition coefficient (Wildman–Crippen LogP) is 1.09. The lowest BCUT2D eigenvalue weighted by molar-refractivity contribution is 0.00513. The molecule has 2 heterocycles. The molecule has 120 valence electrons. The van der Waals surface area contributed by atoms with Crippen molar-refractivity contribution in [1.82, 2.24) is 14.0 Å². The van der Waals surface area contributed by atoms with E-state index in [1.54, 1.807) is 13.0 Å². The first-order chi connectivity index (χ1) is 9.83. The van der Waals surface area contributed by atoms with E-state index in [9.17, 15) is 8.42 Å². The van der Waals surface area contributed by atoms with Crippen molar-refractivity contribution in [2.24, 2.45) is 5.41 Å². The van der Waals surface area contributed by atoms with Crippen molar-refractivity contribution in [2.45, 2.75) is 24.0 Å². The molecule has 2 rings (SSSR count). The number of nitrogens with zero attached hydrogens (tertiary/aromatic N) is 2. The predicted molar refractivity (Wildman–Crippen MR) is 83.1 cm³/mol. The minimum Gasteiger partial charge on any atom is -0.381 e. The SMILES string of the molecule is Cc1cc(S(=O)(=O)NCC2(CN(C)C)CCOCC2)sn1. The van der Waals surface area contributed by atoms with Gasteiger partial charge in [0.15, 0.2) is 4.21 Å². The summed E-state index contributed by atoms with van der Waals surface area (Å²) in [5.41, 5.74) is 0.670. The van der Waals surface area contributed by atoms with Gasteiger partial charge < -0.3 is 9.64 Å². The molecule has 0 amide bonds. The average Bonchev–Trinajstić information content (AvgIpc) is 2.85. The third-order valence-corrected chi connectivity index (χ3v) is 6.44. The molecule has 1 fully saturated rings. The molecule has 0 saturated carbocycles. The summed E-state index contributed by atoms with van der Waals surface area (Å²) < 4.78 is 37.2. The van der Waals surface area contributed by atoms with Gasteiger partial charge in [-0.15, -0.1) is 0 Å². The molecule has 21 heavy (non-hydrogen) atoms. The maximum absolute atomic E-state index is 12.3. The Morgan fingerprint density at radius 2 is 2.10 bits per heavy atom. The van der Waals surface area contributed by atoms with Crippen LogP contribution in [0.3, 0.4) is 0 Å². The molecule has 1 aromatic heterocycles. The van der Waals surface area contributed by atoms with Crippen molar-refractivity contribution in [3.63, 3.8) is 0 Å². The number of aromatic nitrogens is 1. The second-order valence-corrected chi connectivity index (χ2v) is 8.76. The molecule has 0 spiro atoms. The van der Waals surface area contributed by atoms with Crippen molar-refractivity contribution in [2.75, 3.05) is 40.4 Å². The highest BCUT2D eigenvalue weighted by molar-refractivity contribution is 7.91. The molecule has 1 N–H and O–H groups in total. The first-order valence-electron chi connectivity index (χ1n) is 6.99. The van der Waals surface area contributed by atoms with Gasteiger partial charge in [0.2, 0.25) is 0 Å². The summed E-state index contributed by atoms with van der Waals surface area (Å²) >= 11 is 1.02. The summed E-state index contributed by atoms with van der Waals surface area (Å²) in [6.45, 7) is 4.46. The van der Waals surface area contributed by atoms with Gasteiger partial charge in [0.05, 0.1) is 5.69 Å². The second-order valence-electron chi connectivity index (χ2n) is 5.96. The first kappa shape index (κ1) is 16.8. The quantitative estimate of drug-likeness (QED) is 0.844. The monoisotopic (exact) mass is 333 g/mol. The van der Waals surface area contributed by atoms with Crippen LogP contribution < -0.4 is 4.72 Å². The van der Waals surface area contributed by atoms with Crippen LogP contribution in [-0.4, -0.2) is 58.1 Å². The number of sulfonamides is 1. The Kier molecular flexibility index (Phi) is 5.37. The third kappa shape index (κ3) is 4.46. The molecule has 1 saturated heterocycles. The van der Waals surface area contributed by atoms with Gasteiger partial charge in [-0.1, -0.05) is 0 Å². The Morgan fingerprint density at radius 3 is 2.62 bits per heavy atom. The van der Waals surface area contributed by atoms with E-state index in [1.165, 1.54) is 0 Å². The Hall–Kier alpha value is -0.540. The lowest BCUT2D eigenvalue weighted by Gasteiger charge is -2.39. The van der Waals surface area contributed by atoms with E-state index in [1.807, 2.05) is 14.1 Å². The van der Waals surface area contributed by atoms with Gasteiger partial charge >= 0.3 is 0 Å². The number of hydrogen-bond acceptors (Lipinski definition) is 6. The summed E-state index contributed by atoms with van der Waals surface area (Å²) in [5, 5.41) is 0. The van der Waals surface area contributed by atoms with Crippen LogP contribution in [0, 0.1) is 12.3 Å². The topological polar surface area (TPSA) is 71.5 Å². The Labute approximate surface area is 130 Å². The zero-order chi connectivity index (χ0) is 15.5. The van der Waals surface area contributed by atoms with E-state index in [4.69, 9.17) is 4.74 Å². The van der Waals surface area contributed by atoms with Gasteiger partial charge in [-0.2, -0.15) is 4.37 Å². The smallest absolute Gasteiger partial charge is 0.251 e. The normalized spacial score (nSPS) is 19.0. The molecule has 0 unspecified atom stereocenters. The van der Waals surface area contributed by atoms with Gasteiger partial charge in [0.1, 0.15) is 0 Å². The minimum absolute atomic E-state index is 0.0610. The summed E-state index contributed by atoms with van der Waals surface area (Å²) in [6, 6.07) is 1.61. The van der Waals surface area contributed by atoms with Crippen LogP contribution in [0.2, 0.25) is 0 Å². The number of hydrogen-bond donors (Lipinski definition) is 1. The summed E-state index contributed by atoms with van der Waals surface area (Å²) in [7, 11) is 0.558. The van der Waals surface area contributed by atoms with Crippen molar-refractivity contribution in [3.05, 3.63) is 11.8 Å². The molecule has 0 radical (unpaired) electrons. The van der Waals surface area contributed by atoms with E-state index in [-0.39, 0.29) is 9.62 Å². The molecule has 1 aliphatic heterocycles. The molecule has 1 aromatic rings. The Balaban J connectivity index is 2.07. The van der Waals surface area contributed by atoms with Crippen molar-refractivity contribution in [1.29, 1.82) is 0 Å². The maximum atomic E-state index is 12.3. The summed E-state index contributed by atoms with van der Waals surface area (Å²) in [4.78, 5) is 2.11. The molecular weight excluding hydrogens is 310 g/mol. The van der Waals surface area contributed by atoms with Crippen molar-refractivity contribution >= 4 is 21.6 Å². The number of rotatable bonds is 6. The Bertz CT molecular complexity index is 563. The van der Waals surface area contributed by atoms with E-state index >= 15 is 0 Å². The second kappa shape index (κ2) is 6.70. The van der Waals surface area contributed by atoms with Crippen LogP contribution in [0.25, 0.3) is 0 Å². The lowest BCUT2D eigenvalue weighted by atomic mass is 9.80. The number of aryl methyl sites for hydroxylation is 1. The standard InChI is InChI=1S/C13H23N3O3S2/c1-11-8-12(20-15-11)21(17,18)14-9-13(10-16(2)3)4-6-19-7-5-13/h8,14H,4-7,9-10H2,1-3H3. The van der Waals surface area contributed by atoms with Gasteiger partial charge in [0.25, 0.3) is 10.0 Å². The molecule has 1 aliphatic rings. The van der Waals surface area contributed by atoms with Crippen molar-refractivity contribution in [3.8, 4) is 0 Å². The summed E-state index contributed by atoms with van der Waals surface area (Å²) in [5.74, 6) is 0. The van der Waals surface area contributed by atoms with Crippen LogP contribution in [0.15, 0.2) is 10.3 Å². The van der Waals surface area contributed by atoms with Crippen LogP contribution in [0.4, 0.5) is 0 Å². The van der Waals surface area contributed by atoms with Crippen LogP contribution >= 0.6 is 11.5 Å². The van der Waals surface area contributed by atoms with Gasteiger partial charge in [-0.25, -0.2) is 13.1 Å². The van der Waals surface area contributed by atoms with Crippen molar-refractivity contribution < 1.29 is 13.2 Å². The molecule has 0 bridgehead atoms. The first-order valence-corrected chi connectivity index (χ1v) is 9.24. The van der Waals surface area contributed by atoms with Crippen LogP contribution in [-0.2, 0) is 14.8 Å². The Morgan fingerprint density at radius 1 is 1.43 bits per heavy atom. The summed E-state index contributed by atoms with van der Waals surface area (Å²) in [6.07, 6.45) is 1.74. The third-order valence-electron chi connectivity index (χ3n) is 3.71. The van der Waals surface area contributed by atoms with E-state index < -0.39 is 10.0 Å². The fourth-order valence-electron chi connectivity index (χ4n) is 2.65. The maximum Gasteiger partial charge on any atom is 0.251 e. The minimum atomic E-state index is -3.47. The molecule has 6 nitrogen and oxygen atoms in total. The fourth-order valence-corrected chi connectivity index (χ4v) is 4.81. The number of nitrogens with one attached hydrogen (secondary N) is 1. The largest absolute Gasteiger partial charge is 0.381 e. The van der Waals surface area contributed by atoms with Gasteiger partial charge in [-0.05, 0) is 51.5 Å². The molecule has 8 heteroatoms. The highest BCUT2D eigenvalue weighted by atomic mass is 32.2. The zero-order valence-electron chi connectivity index (χ0n) is 12.8. The fraction of sp³-hybridized carbons (Fsp3) is 0.769. The van der Waals surface area contributed by atoms with E-state index in [2.05, 4.69) is 14.0 Å². The molecular formula is C13H23N3O3S2. The highest BCUT2D eigenvalue weighted by Crippen LogP contribution is 2.31. The van der Waals surface area contributed by atoms with E-state index in [0.717, 1.165) is 36.6 Å². The average molecular weight is 333 g/mol. The van der Waals surface area contributed by atoms with Crippen LogP contribution in [0.5, 0.6) is 0 Å². The van der Waals surface area contributed by atoms with E-state index in [0.29, 0.717) is 19.8 Å². The molecule has 0 aromatic carbocycles. The zero-order valence-corrected chi connectivity index (χ0v) is 14.4. The van der Waals surface area contributed by atoms with Gasteiger partial charge in [-0.3, -0.25) is 0 Å². The lowest BCUT2D eigenvalue weighted by Crippen LogP contribution is -2.46.